The van der Waals surface area contributed by atoms with Gasteiger partial charge in [-0.3, -0.25) is 4.79 Å². The maximum Gasteiger partial charge on any atom is 0.258 e. The van der Waals surface area contributed by atoms with Gasteiger partial charge >= 0.3 is 0 Å². The van der Waals surface area contributed by atoms with Gasteiger partial charge in [0, 0.05) is 5.92 Å². The van der Waals surface area contributed by atoms with Gasteiger partial charge in [-0.05, 0) is 55.0 Å². The Bertz CT molecular complexity index is 926. The second kappa shape index (κ2) is 4.80. The smallest absolute Gasteiger partial charge is 0.258 e. The third kappa shape index (κ3) is 2.13. The molecule has 0 bridgehead atoms. The predicted molar refractivity (Wildman–Crippen MR) is 88.4 cm³/mol. The van der Waals surface area contributed by atoms with Crippen molar-refractivity contribution in [2.75, 3.05) is 0 Å². The van der Waals surface area contributed by atoms with E-state index in [9.17, 15) is 4.79 Å². The lowest BCUT2D eigenvalue weighted by Gasteiger charge is -2.05. The van der Waals surface area contributed by atoms with Crippen molar-refractivity contribution in [2.45, 2.75) is 32.1 Å². The molecule has 2 unspecified atom stereocenters. The van der Waals surface area contributed by atoms with Crippen molar-refractivity contribution >= 4 is 10.9 Å². The molecule has 1 N–H and O–H groups in total. The van der Waals surface area contributed by atoms with Crippen LogP contribution in [-0.4, -0.2) is 9.97 Å². The van der Waals surface area contributed by atoms with Crippen LogP contribution in [0.3, 0.4) is 0 Å². The number of nitrogens with one attached hydrogen (secondary N) is 1. The van der Waals surface area contributed by atoms with Gasteiger partial charge in [-0.2, -0.15) is 0 Å². The highest BCUT2D eigenvalue weighted by molar-refractivity contribution is 5.77. The molecular formula is C19H18N2O. The van der Waals surface area contributed by atoms with Crippen molar-refractivity contribution in [2.24, 2.45) is 0 Å². The summed E-state index contributed by atoms with van der Waals surface area (Å²) in [6.07, 6.45) is 1.06. The number of rotatable bonds is 2. The Kier molecular flexibility index (Phi) is 2.89. The van der Waals surface area contributed by atoms with E-state index in [-0.39, 0.29) is 5.56 Å². The lowest BCUT2D eigenvalue weighted by Crippen LogP contribution is -2.11. The Morgan fingerprint density at radius 2 is 1.86 bits per heavy atom. The summed E-state index contributed by atoms with van der Waals surface area (Å²) in [5.74, 6) is 1.63. The van der Waals surface area contributed by atoms with E-state index in [1.54, 1.807) is 0 Å². The molecule has 0 saturated heterocycles. The number of fused-ring (bicyclic) bond motifs is 1. The van der Waals surface area contributed by atoms with Crippen LogP contribution in [0, 0.1) is 13.8 Å². The number of nitrogens with zero attached hydrogens (tertiary/aromatic N) is 1. The van der Waals surface area contributed by atoms with Crippen LogP contribution >= 0.6 is 0 Å². The van der Waals surface area contributed by atoms with Crippen LogP contribution in [0.1, 0.15) is 40.8 Å². The number of benzene rings is 2. The molecule has 1 aliphatic carbocycles. The Balaban J connectivity index is 1.69. The summed E-state index contributed by atoms with van der Waals surface area (Å²) in [7, 11) is 0. The van der Waals surface area contributed by atoms with Gasteiger partial charge in [0.2, 0.25) is 0 Å². The summed E-state index contributed by atoms with van der Waals surface area (Å²) in [6.45, 7) is 4.28. The minimum atomic E-state index is -0.0358. The summed E-state index contributed by atoms with van der Waals surface area (Å²) < 4.78 is 0. The fraction of sp³-hybridized carbons (Fsp3) is 0.263. The van der Waals surface area contributed by atoms with E-state index in [0.29, 0.717) is 17.2 Å². The van der Waals surface area contributed by atoms with Gasteiger partial charge in [0.25, 0.3) is 5.56 Å². The Labute approximate surface area is 129 Å². The average Bonchev–Trinajstić information content (AvgIpc) is 3.31. The molecule has 110 valence electrons. The standard InChI is InChI=1S/C19H18N2O/c1-11-7-8-13(9-12(11)2)15-10-16(15)18-20-17-6-4-3-5-14(17)19(22)21-18/h3-9,15-16H,10H2,1-2H3,(H,20,21,22). The van der Waals surface area contributed by atoms with Crippen molar-refractivity contribution in [3.05, 3.63) is 75.3 Å². The van der Waals surface area contributed by atoms with Crippen LogP contribution in [0.4, 0.5) is 0 Å². The largest absolute Gasteiger partial charge is 0.310 e. The van der Waals surface area contributed by atoms with Crippen molar-refractivity contribution in [3.8, 4) is 0 Å². The number of aromatic amines is 1. The zero-order valence-corrected chi connectivity index (χ0v) is 12.8. The van der Waals surface area contributed by atoms with Crippen LogP contribution in [-0.2, 0) is 0 Å². The number of hydrogen-bond acceptors (Lipinski definition) is 2. The van der Waals surface area contributed by atoms with E-state index in [1.165, 1.54) is 16.7 Å². The molecule has 22 heavy (non-hydrogen) atoms. The fourth-order valence-electron chi connectivity index (χ4n) is 3.14. The summed E-state index contributed by atoms with van der Waals surface area (Å²) in [6, 6.07) is 14.2. The minimum absolute atomic E-state index is 0.0358. The molecule has 1 fully saturated rings. The summed E-state index contributed by atoms with van der Waals surface area (Å²) in [5.41, 5.74) is 4.74. The van der Waals surface area contributed by atoms with E-state index in [1.807, 2.05) is 24.3 Å². The first kappa shape index (κ1) is 13.3. The highest BCUT2D eigenvalue weighted by Crippen LogP contribution is 2.53. The molecular weight excluding hydrogens is 272 g/mol. The molecule has 1 heterocycles. The minimum Gasteiger partial charge on any atom is -0.310 e. The second-order valence-electron chi connectivity index (χ2n) is 6.26. The topological polar surface area (TPSA) is 45.8 Å². The highest BCUT2D eigenvalue weighted by Gasteiger charge is 2.41. The first-order chi connectivity index (χ1) is 10.6. The zero-order valence-electron chi connectivity index (χ0n) is 12.8. The van der Waals surface area contributed by atoms with E-state index in [2.05, 4.69) is 42.0 Å². The second-order valence-corrected chi connectivity index (χ2v) is 6.26. The molecule has 0 amide bonds. The number of aryl methyl sites for hydroxylation is 2. The Morgan fingerprint density at radius 3 is 2.68 bits per heavy atom. The zero-order chi connectivity index (χ0) is 15.3. The van der Waals surface area contributed by atoms with Crippen molar-refractivity contribution in [1.82, 2.24) is 9.97 Å². The normalized spacial score (nSPS) is 20.3. The van der Waals surface area contributed by atoms with Crippen LogP contribution in [0.2, 0.25) is 0 Å². The lowest BCUT2D eigenvalue weighted by atomic mass is 10.0. The lowest BCUT2D eigenvalue weighted by molar-refractivity contribution is 0.897. The van der Waals surface area contributed by atoms with Gasteiger partial charge in [-0.25, -0.2) is 4.98 Å². The van der Waals surface area contributed by atoms with Crippen LogP contribution in [0.15, 0.2) is 47.3 Å². The van der Waals surface area contributed by atoms with E-state index < -0.39 is 0 Å². The van der Waals surface area contributed by atoms with Gasteiger partial charge < -0.3 is 4.98 Å². The SMILES string of the molecule is Cc1ccc(C2CC2c2nc3ccccc3c(=O)[nH]2)cc1C. The Hall–Kier alpha value is -2.42. The molecule has 2 aromatic carbocycles. The number of H-pyrrole nitrogens is 1. The maximum absolute atomic E-state index is 12.2. The highest BCUT2D eigenvalue weighted by atomic mass is 16.1. The molecule has 1 saturated carbocycles. The van der Waals surface area contributed by atoms with E-state index >= 15 is 0 Å². The van der Waals surface area contributed by atoms with Crippen LogP contribution < -0.4 is 5.56 Å². The first-order valence-electron chi connectivity index (χ1n) is 7.69. The molecule has 3 aromatic rings. The fourth-order valence-corrected chi connectivity index (χ4v) is 3.14. The average molecular weight is 290 g/mol. The molecule has 4 rings (SSSR count). The number of aromatic nitrogens is 2. The quantitative estimate of drug-likeness (QED) is 0.780. The number of para-hydroxylation sites is 1. The van der Waals surface area contributed by atoms with Crippen molar-refractivity contribution in [3.63, 3.8) is 0 Å². The molecule has 0 aliphatic heterocycles. The molecule has 1 aromatic heterocycles. The van der Waals surface area contributed by atoms with Gasteiger partial charge in [0.1, 0.15) is 5.82 Å². The van der Waals surface area contributed by atoms with Gasteiger partial charge in [-0.15, -0.1) is 0 Å². The molecule has 0 spiro atoms. The Morgan fingerprint density at radius 1 is 1.05 bits per heavy atom. The third-order valence-corrected chi connectivity index (χ3v) is 4.73. The molecule has 3 nitrogen and oxygen atoms in total. The van der Waals surface area contributed by atoms with Gasteiger partial charge in [0.15, 0.2) is 0 Å². The molecule has 3 heteroatoms. The summed E-state index contributed by atoms with van der Waals surface area (Å²) in [4.78, 5) is 19.8. The molecule has 2 atom stereocenters. The predicted octanol–water partition coefficient (Wildman–Crippen LogP) is 3.81. The van der Waals surface area contributed by atoms with Crippen LogP contribution in [0.5, 0.6) is 0 Å². The number of hydrogen-bond donors (Lipinski definition) is 1. The van der Waals surface area contributed by atoms with Crippen LogP contribution in [0.25, 0.3) is 10.9 Å². The first-order valence-corrected chi connectivity index (χ1v) is 7.69. The van der Waals surface area contributed by atoms with E-state index in [4.69, 9.17) is 0 Å². The van der Waals surface area contributed by atoms with Crippen molar-refractivity contribution < 1.29 is 0 Å². The monoisotopic (exact) mass is 290 g/mol. The summed E-state index contributed by atoms with van der Waals surface area (Å²) >= 11 is 0. The van der Waals surface area contributed by atoms with Gasteiger partial charge in [0.05, 0.1) is 10.9 Å². The van der Waals surface area contributed by atoms with Crippen molar-refractivity contribution in [1.29, 1.82) is 0 Å². The van der Waals surface area contributed by atoms with E-state index in [0.717, 1.165) is 17.8 Å². The molecule has 1 aliphatic rings. The molecule has 0 radical (unpaired) electrons. The maximum atomic E-state index is 12.2. The summed E-state index contributed by atoms with van der Waals surface area (Å²) in [5, 5.41) is 0.662. The third-order valence-electron chi connectivity index (χ3n) is 4.73. The van der Waals surface area contributed by atoms with Gasteiger partial charge in [-0.1, -0.05) is 30.3 Å².